The Morgan fingerprint density at radius 3 is 1.75 bits per heavy atom. The number of hydrogen-bond donors (Lipinski definition) is 1. The fourth-order valence-electron chi connectivity index (χ4n) is 4.65. The quantitative estimate of drug-likeness (QED) is 0.213. The average molecular weight is 401 g/mol. The Labute approximate surface area is 174 Å². The number of carboxylic acid groups (broad SMARTS) is 1. The van der Waals surface area contributed by atoms with Crippen LogP contribution in [0.3, 0.4) is 0 Å². The van der Waals surface area contributed by atoms with Crippen LogP contribution in [0.2, 0.25) is 0 Å². The van der Waals surface area contributed by atoms with Crippen molar-refractivity contribution in [3.63, 3.8) is 0 Å². The molecule has 0 fully saturated rings. The second-order valence-electron chi connectivity index (χ2n) is 11.9. The van der Waals surface area contributed by atoms with E-state index in [1.807, 2.05) is 6.92 Å². The van der Waals surface area contributed by atoms with Crippen molar-refractivity contribution in [3.05, 3.63) is 0 Å². The molecule has 0 aliphatic rings. The lowest BCUT2D eigenvalue weighted by molar-refractivity contribution is -0.417. The Bertz CT molecular complexity index is 466. The lowest BCUT2D eigenvalue weighted by Crippen LogP contribution is -2.44. The van der Waals surface area contributed by atoms with Gasteiger partial charge in [0.1, 0.15) is 5.60 Å². The summed E-state index contributed by atoms with van der Waals surface area (Å²) < 4.78 is 0. The summed E-state index contributed by atoms with van der Waals surface area (Å²) in [5.41, 5.74) is -0.545. The van der Waals surface area contributed by atoms with Gasteiger partial charge in [-0.25, -0.2) is 9.78 Å². The van der Waals surface area contributed by atoms with Crippen LogP contribution in [-0.4, -0.2) is 22.3 Å². The van der Waals surface area contributed by atoms with Crippen molar-refractivity contribution >= 4 is 5.97 Å². The van der Waals surface area contributed by atoms with Crippen molar-refractivity contribution in [3.8, 4) is 0 Å². The number of rotatable bonds is 12. The first-order chi connectivity index (χ1) is 12.4. The van der Waals surface area contributed by atoms with E-state index in [1.54, 1.807) is 0 Å². The highest BCUT2D eigenvalue weighted by Gasteiger charge is 2.41. The van der Waals surface area contributed by atoms with E-state index < -0.39 is 11.6 Å². The van der Waals surface area contributed by atoms with E-state index in [9.17, 15) is 9.90 Å². The summed E-state index contributed by atoms with van der Waals surface area (Å²) in [6.45, 7) is 23.7. The number of carboxylic acids is 1. The van der Waals surface area contributed by atoms with Gasteiger partial charge in [0.25, 0.3) is 0 Å². The van der Waals surface area contributed by atoms with Crippen LogP contribution in [0.25, 0.3) is 0 Å². The molecule has 0 aromatic heterocycles. The van der Waals surface area contributed by atoms with Crippen LogP contribution in [0.15, 0.2) is 0 Å². The third-order valence-corrected chi connectivity index (χ3v) is 5.46. The van der Waals surface area contributed by atoms with E-state index in [-0.39, 0.29) is 22.3 Å². The molecule has 0 saturated carbocycles. The zero-order chi connectivity index (χ0) is 22.4. The third-order valence-electron chi connectivity index (χ3n) is 5.46. The molecule has 0 saturated heterocycles. The van der Waals surface area contributed by atoms with Crippen LogP contribution in [0.1, 0.15) is 115 Å². The molecule has 168 valence electrons. The van der Waals surface area contributed by atoms with Crippen molar-refractivity contribution in [2.24, 2.45) is 22.7 Å². The molecule has 0 radical (unpaired) electrons. The molecule has 1 N–H and O–H groups in total. The molecule has 28 heavy (non-hydrogen) atoms. The van der Waals surface area contributed by atoms with Gasteiger partial charge in [0, 0.05) is 0 Å². The molecule has 4 nitrogen and oxygen atoms in total. The molecular formula is C24H48O4. The molecule has 0 aromatic rings. The maximum Gasteiger partial charge on any atom is 0.306 e. The Kier molecular flexibility index (Phi) is 10.2. The molecule has 0 aliphatic heterocycles. The van der Waals surface area contributed by atoms with E-state index in [2.05, 4.69) is 69.2 Å². The first-order valence-corrected chi connectivity index (χ1v) is 11.0. The van der Waals surface area contributed by atoms with Crippen LogP contribution in [0, 0.1) is 22.7 Å². The Morgan fingerprint density at radius 2 is 1.36 bits per heavy atom. The Balaban J connectivity index is 4.92. The zero-order valence-electron chi connectivity index (χ0n) is 20.6. The number of aliphatic carboxylic acids is 1. The van der Waals surface area contributed by atoms with Crippen LogP contribution in [0.5, 0.6) is 0 Å². The fraction of sp³-hybridized carbons (Fsp3) is 0.958. The van der Waals surface area contributed by atoms with Gasteiger partial charge in [-0.1, -0.05) is 61.3 Å². The van der Waals surface area contributed by atoms with Gasteiger partial charge in [-0.2, -0.15) is 0 Å². The minimum atomic E-state index is -0.673. The van der Waals surface area contributed by atoms with Crippen molar-refractivity contribution in [1.29, 1.82) is 0 Å². The average Bonchev–Trinajstić information content (AvgIpc) is 2.44. The van der Waals surface area contributed by atoms with Crippen molar-refractivity contribution < 1.29 is 19.7 Å². The van der Waals surface area contributed by atoms with Crippen LogP contribution < -0.4 is 0 Å². The molecular weight excluding hydrogens is 352 g/mol. The molecule has 0 rings (SSSR count). The summed E-state index contributed by atoms with van der Waals surface area (Å²) in [5.74, 6) is -0.595. The van der Waals surface area contributed by atoms with E-state index >= 15 is 0 Å². The highest BCUT2D eigenvalue weighted by Crippen LogP contribution is 2.42. The third kappa shape index (κ3) is 10.8. The van der Waals surface area contributed by atoms with Gasteiger partial charge in [0.15, 0.2) is 0 Å². The highest BCUT2D eigenvalue weighted by atomic mass is 17.2. The van der Waals surface area contributed by atoms with Crippen molar-refractivity contribution in [2.45, 2.75) is 126 Å². The summed E-state index contributed by atoms with van der Waals surface area (Å²) in [7, 11) is 0. The predicted molar refractivity (Wildman–Crippen MR) is 117 cm³/mol. The second-order valence-corrected chi connectivity index (χ2v) is 11.9. The van der Waals surface area contributed by atoms with Crippen molar-refractivity contribution in [1.82, 2.24) is 0 Å². The Hall–Kier alpha value is -0.610. The van der Waals surface area contributed by atoms with Crippen molar-refractivity contribution in [2.75, 3.05) is 0 Å². The second kappa shape index (κ2) is 10.4. The first-order valence-electron chi connectivity index (χ1n) is 11.0. The molecule has 0 aliphatic carbocycles. The molecule has 0 amide bonds. The summed E-state index contributed by atoms with van der Waals surface area (Å²) in [6.07, 6.45) is 5.29. The lowest BCUT2D eigenvalue weighted by Gasteiger charge is -2.43. The largest absolute Gasteiger partial charge is 0.481 e. The highest BCUT2D eigenvalue weighted by molar-refractivity contribution is 5.69. The summed E-state index contributed by atoms with van der Waals surface area (Å²) >= 11 is 0. The SMILES string of the molecule is CCC(CCCCC(C(C)(C)C)C(C)(C)OOC(C)(C)CC(C)(C)C)C(=O)O. The molecule has 0 spiro atoms. The van der Waals surface area contributed by atoms with E-state index in [0.29, 0.717) is 12.3 Å². The minimum Gasteiger partial charge on any atom is -0.481 e. The summed E-state index contributed by atoms with van der Waals surface area (Å²) in [4.78, 5) is 23.3. The first kappa shape index (κ1) is 27.4. The molecule has 0 heterocycles. The normalized spacial score (nSPS) is 16.1. The van der Waals surface area contributed by atoms with Gasteiger partial charge >= 0.3 is 5.97 Å². The van der Waals surface area contributed by atoms with Gasteiger partial charge in [0.05, 0.1) is 11.5 Å². The zero-order valence-corrected chi connectivity index (χ0v) is 20.6. The van der Waals surface area contributed by atoms with E-state index in [1.165, 1.54) is 0 Å². The number of unbranched alkanes of at least 4 members (excludes halogenated alkanes) is 1. The summed E-state index contributed by atoms with van der Waals surface area (Å²) in [5, 5.41) is 9.23. The standard InChI is InChI=1S/C24H48O4/c1-12-18(20(25)26)15-13-14-16-19(22(5,6)7)24(10,11)28-27-23(8,9)17-21(2,3)4/h18-19H,12-17H2,1-11H3,(H,25,26). The van der Waals surface area contributed by atoms with Gasteiger partial charge < -0.3 is 5.11 Å². The molecule has 2 atom stereocenters. The van der Waals surface area contributed by atoms with Crippen LogP contribution >= 0.6 is 0 Å². The summed E-state index contributed by atoms with van der Waals surface area (Å²) in [6, 6.07) is 0. The predicted octanol–water partition coefficient (Wildman–Crippen LogP) is 7.26. The van der Waals surface area contributed by atoms with Crippen LogP contribution in [-0.2, 0) is 14.6 Å². The molecule has 4 heteroatoms. The monoisotopic (exact) mass is 400 g/mol. The van der Waals surface area contributed by atoms with E-state index in [0.717, 1.165) is 32.1 Å². The topological polar surface area (TPSA) is 55.8 Å². The van der Waals surface area contributed by atoms with Gasteiger partial charge in [-0.15, -0.1) is 0 Å². The smallest absolute Gasteiger partial charge is 0.306 e. The Morgan fingerprint density at radius 1 is 0.857 bits per heavy atom. The molecule has 0 aromatic carbocycles. The van der Waals surface area contributed by atoms with E-state index in [4.69, 9.17) is 9.78 Å². The molecule has 2 unspecified atom stereocenters. The number of carbonyl (C=O) groups is 1. The maximum absolute atomic E-state index is 11.2. The number of hydrogen-bond acceptors (Lipinski definition) is 3. The lowest BCUT2D eigenvalue weighted by atomic mass is 9.69. The van der Waals surface area contributed by atoms with Crippen LogP contribution in [0.4, 0.5) is 0 Å². The maximum atomic E-state index is 11.2. The molecule has 0 bridgehead atoms. The van der Waals surface area contributed by atoms with Gasteiger partial charge in [-0.3, -0.25) is 4.79 Å². The van der Waals surface area contributed by atoms with Gasteiger partial charge in [-0.05, 0) is 70.1 Å². The fourth-order valence-corrected chi connectivity index (χ4v) is 4.65. The van der Waals surface area contributed by atoms with Gasteiger partial charge in [0.2, 0.25) is 0 Å². The minimum absolute atomic E-state index is 0.0674.